The maximum absolute atomic E-state index is 2.09. The van der Waals surface area contributed by atoms with Crippen LogP contribution in [0.15, 0.2) is 24.5 Å². The van der Waals surface area contributed by atoms with Crippen LogP contribution in [0.1, 0.15) is 0 Å². The van der Waals surface area contributed by atoms with Crippen LogP contribution in [0.4, 0.5) is 0 Å². The van der Waals surface area contributed by atoms with Gasteiger partial charge in [-0.25, -0.2) is 0 Å². The molecule has 1 nitrogen and oxygen atoms in total. The molecule has 0 aliphatic carbocycles. The molecule has 0 aromatic carbocycles. The molecule has 1 rings (SSSR count). The average molecular weight is 157 g/mol. The van der Waals surface area contributed by atoms with Crippen molar-refractivity contribution in [3.8, 4) is 0 Å². The van der Waals surface area contributed by atoms with E-state index in [2.05, 4.69) is 2.51 Å². The second kappa shape index (κ2) is 1.74. The first-order valence-electron chi connectivity index (χ1n) is 1.74. The summed E-state index contributed by atoms with van der Waals surface area (Å²) in [5.74, 6) is 0. The van der Waals surface area contributed by atoms with Gasteiger partial charge in [0.15, 0.2) is 0 Å². The Morgan fingerprint density at radius 3 is 1.83 bits per heavy atom. The summed E-state index contributed by atoms with van der Waals surface area (Å²) in [5, 5.41) is 0. The molecule has 1 aromatic heterocycles. The number of hydrogen-bond donors (Lipinski definition) is 0. The molecule has 0 saturated heterocycles. The van der Waals surface area contributed by atoms with Crippen LogP contribution in [0, 0.1) is 0 Å². The van der Waals surface area contributed by atoms with Crippen molar-refractivity contribution in [2.24, 2.45) is 0 Å². The van der Waals surface area contributed by atoms with Crippen LogP contribution in [0.5, 0.6) is 0 Å². The Morgan fingerprint density at radius 1 is 1.17 bits per heavy atom. The second-order valence-corrected chi connectivity index (χ2v) is 2.36. The van der Waals surface area contributed by atoms with Crippen molar-refractivity contribution in [1.29, 1.82) is 0 Å². The zero-order valence-electron chi connectivity index (χ0n) is 3.26. The SMILES string of the molecule is [Zr][n]1cccc1. The minimum absolute atomic E-state index is 1.43. The number of hydrogen-bond acceptors (Lipinski definition) is 0. The third kappa shape index (κ3) is 0.812. The van der Waals surface area contributed by atoms with Crippen molar-refractivity contribution in [2.75, 3.05) is 0 Å². The summed E-state index contributed by atoms with van der Waals surface area (Å²) in [6.45, 7) is 0. The van der Waals surface area contributed by atoms with Crippen molar-refractivity contribution in [1.82, 2.24) is 2.51 Å². The zero-order chi connectivity index (χ0) is 4.41. The topological polar surface area (TPSA) is 4.93 Å². The summed E-state index contributed by atoms with van der Waals surface area (Å²) in [5.41, 5.74) is 0. The van der Waals surface area contributed by atoms with Gasteiger partial charge in [0.1, 0.15) is 0 Å². The molecule has 0 radical (unpaired) electrons. The van der Waals surface area contributed by atoms with Gasteiger partial charge in [0.05, 0.1) is 0 Å². The molecule has 0 N–H and O–H groups in total. The van der Waals surface area contributed by atoms with Gasteiger partial charge in [0.2, 0.25) is 0 Å². The van der Waals surface area contributed by atoms with Gasteiger partial charge < -0.3 is 0 Å². The summed E-state index contributed by atoms with van der Waals surface area (Å²) in [6.07, 6.45) is 4.08. The molecule has 2 heteroatoms. The first kappa shape index (κ1) is 4.33. The second-order valence-electron chi connectivity index (χ2n) is 1.09. The van der Waals surface area contributed by atoms with Gasteiger partial charge in [0.25, 0.3) is 0 Å². The zero-order valence-corrected chi connectivity index (χ0v) is 5.71. The molecule has 29 valence electrons. The van der Waals surface area contributed by atoms with Crippen molar-refractivity contribution < 1.29 is 25.0 Å². The van der Waals surface area contributed by atoms with E-state index in [4.69, 9.17) is 0 Å². The first-order chi connectivity index (χ1) is 2.89. The quantitative estimate of drug-likeness (QED) is 0.525. The Hall–Kier alpha value is 0.163. The van der Waals surface area contributed by atoms with E-state index in [1.807, 2.05) is 24.5 Å². The summed E-state index contributed by atoms with van der Waals surface area (Å²) in [7, 11) is 0. The Labute approximate surface area is 52.2 Å². The molecule has 0 saturated carbocycles. The fourth-order valence-corrected chi connectivity index (χ4v) is 0.758. The average Bonchev–Trinajstić information content (AvgIpc) is 1.86. The van der Waals surface area contributed by atoms with E-state index in [0.29, 0.717) is 0 Å². The van der Waals surface area contributed by atoms with E-state index in [1.165, 1.54) is 25.0 Å². The first-order valence-corrected chi connectivity index (χ1v) is 2.84. The Morgan fingerprint density at radius 2 is 1.67 bits per heavy atom. The van der Waals surface area contributed by atoms with Gasteiger partial charge >= 0.3 is 52.0 Å². The number of nitrogens with zero attached hydrogens (tertiary/aromatic N) is 1. The maximum atomic E-state index is 2.09. The van der Waals surface area contributed by atoms with Crippen LogP contribution < -0.4 is 0 Å². The van der Waals surface area contributed by atoms with Gasteiger partial charge in [-0.05, 0) is 0 Å². The van der Waals surface area contributed by atoms with Gasteiger partial charge in [-0.2, -0.15) is 0 Å². The fraction of sp³-hybridized carbons (Fsp3) is 0. The van der Waals surface area contributed by atoms with Crippen LogP contribution >= 0.6 is 0 Å². The molecule has 6 heavy (non-hydrogen) atoms. The molecule has 1 heterocycles. The molecule has 0 bridgehead atoms. The third-order valence-corrected chi connectivity index (χ3v) is 1.34. The van der Waals surface area contributed by atoms with E-state index in [-0.39, 0.29) is 0 Å². The summed E-state index contributed by atoms with van der Waals surface area (Å²) in [6, 6.07) is 4.04. The molecular weight excluding hydrogens is 153 g/mol. The van der Waals surface area contributed by atoms with Crippen molar-refractivity contribution in [3.63, 3.8) is 0 Å². The van der Waals surface area contributed by atoms with Gasteiger partial charge in [0, 0.05) is 0 Å². The van der Waals surface area contributed by atoms with Crippen LogP contribution in [0.2, 0.25) is 0 Å². The van der Waals surface area contributed by atoms with Crippen LogP contribution in [-0.2, 0) is 25.0 Å². The van der Waals surface area contributed by atoms with E-state index in [1.54, 1.807) is 0 Å². The fourth-order valence-electron chi connectivity index (χ4n) is 0.335. The molecule has 0 spiro atoms. The molecule has 0 aliphatic heterocycles. The van der Waals surface area contributed by atoms with E-state index < -0.39 is 0 Å². The third-order valence-electron chi connectivity index (χ3n) is 0.604. The summed E-state index contributed by atoms with van der Waals surface area (Å²) >= 11 is 1.43. The Balaban J connectivity index is 3.05. The molecule has 1 aromatic rings. The predicted molar refractivity (Wildman–Crippen MR) is 19.8 cm³/mol. The number of aromatic nitrogens is 1. The predicted octanol–water partition coefficient (Wildman–Crippen LogP) is 0.798. The van der Waals surface area contributed by atoms with Crippen LogP contribution in [-0.4, -0.2) is 2.51 Å². The van der Waals surface area contributed by atoms with Crippen molar-refractivity contribution in [3.05, 3.63) is 24.5 Å². The Kier molecular flexibility index (Phi) is 1.26. The van der Waals surface area contributed by atoms with Crippen molar-refractivity contribution >= 4 is 0 Å². The minimum atomic E-state index is 1.43. The van der Waals surface area contributed by atoms with Crippen LogP contribution in [0.3, 0.4) is 0 Å². The van der Waals surface area contributed by atoms with Crippen molar-refractivity contribution in [2.45, 2.75) is 0 Å². The van der Waals surface area contributed by atoms with Gasteiger partial charge in [-0.15, -0.1) is 0 Å². The summed E-state index contributed by atoms with van der Waals surface area (Å²) in [4.78, 5) is 0. The number of rotatable bonds is 0. The molecule has 0 aliphatic rings. The Bertz CT molecular complexity index is 111. The molecule has 0 unspecified atom stereocenters. The molecule has 0 amide bonds. The van der Waals surface area contributed by atoms with Gasteiger partial charge in [-0.3, -0.25) is 0 Å². The molecule has 0 atom stereocenters. The molecular formula is C4H4NZr. The molecule has 0 fully saturated rings. The van der Waals surface area contributed by atoms with E-state index in [9.17, 15) is 0 Å². The standard InChI is InChI=1S/C4H4N.Zr/c1-2-4-5-3-1;/h1-4H;/q-1;+1. The van der Waals surface area contributed by atoms with E-state index >= 15 is 0 Å². The van der Waals surface area contributed by atoms with Gasteiger partial charge in [-0.1, -0.05) is 0 Å². The summed E-state index contributed by atoms with van der Waals surface area (Å²) < 4.78 is 2.09. The van der Waals surface area contributed by atoms with E-state index in [0.717, 1.165) is 0 Å². The normalized spacial score (nSPS) is 8.50. The van der Waals surface area contributed by atoms with Crippen LogP contribution in [0.25, 0.3) is 0 Å². The monoisotopic (exact) mass is 156 g/mol.